The first-order valence-electron chi connectivity index (χ1n) is 5.90. The third-order valence-corrected chi connectivity index (χ3v) is 2.56. The van der Waals surface area contributed by atoms with Crippen molar-refractivity contribution in [1.29, 1.82) is 0 Å². The number of amides is 1. The van der Waals surface area contributed by atoms with Gasteiger partial charge in [0.2, 0.25) is 5.91 Å². The Morgan fingerprint density at radius 2 is 2.27 bits per heavy atom. The molecular weight excluding hydrogens is 192 g/mol. The van der Waals surface area contributed by atoms with E-state index in [0.29, 0.717) is 6.61 Å². The molecule has 88 valence electrons. The summed E-state index contributed by atoms with van der Waals surface area (Å²) in [6.45, 7) is 6.12. The fourth-order valence-corrected chi connectivity index (χ4v) is 1.67. The number of carbonyl (C=O) groups excluding carboxylic acids is 1. The van der Waals surface area contributed by atoms with E-state index in [9.17, 15) is 4.79 Å². The number of hydrogen-bond donors (Lipinski definition) is 2. The van der Waals surface area contributed by atoms with Gasteiger partial charge in [-0.25, -0.2) is 0 Å². The molecular formula is C11H22N2O2. The fraction of sp³-hybridized carbons (Fsp3) is 0.909. The SMILES string of the molecule is CCCNCCNC(=O)C1CCCOC1. The van der Waals surface area contributed by atoms with Crippen LogP contribution in [0.15, 0.2) is 0 Å². The van der Waals surface area contributed by atoms with Gasteiger partial charge in [-0.3, -0.25) is 4.79 Å². The van der Waals surface area contributed by atoms with E-state index in [2.05, 4.69) is 17.6 Å². The van der Waals surface area contributed by atoms with Crippen LogP contribution in [0.5, 0.6) is 0 Å². The summed E-state index contributed by atoms with van der Waals surface area (Å²) in [7, 11) is 0. The minimum Gasteiger partial charge on any atom is -0.381 e. The smallest absolute Gasteiger partial charge is 0.225 e. The number of carbonyl (C=O) groups is 1. The Hall–Kier alpha value is -0.610. The first kappa shape index (κ1) is 12.5. The van der Waals surface area contributed by atoms with Crippen molar-refractivity contribution in [2.24, 2.45) is 5.92 Å². The Bertz CT molecular complexity index is 179. The lowest BCUT2D eigenvalue weighted by atomic mass is 10.0. The second-order valence-corrected chi connectivity index (χ2v) is 3.96. The van der Waals surface area contributed by atoms with Crippen LogP contribution in [-0.2, 0) is 9.53 Å². The van der Waals surface area contributed by atoms with E-state index in [4.69, 9.17) is 4.74 Å². The fourth-order valence-electron chi connectivity index (χ4n) is 1.67. The standard InChI is InChI=1S/C11H22N2O2/c1-2-5-12-6-7-13-11(14)10-4-3-8-15-9-10/h10,12H,2-9H2,1H3,(H,13,14). The molecule has 4 heteroatoms. The highest BCUT2D eigenvalue weighted by atomic mass is 16.5. The minimum atomic E-state index is 0.0740. The molecule has 1 heterocycles. The van der Waals surface area contributed by atoms with E-state index in [1.165, 1.54) is 0 Å². The molecule has 2 N–H and O–H groups in total. The lowest BCUT2D eigenvalue weighted by molar-refractivity contribution is -0.128. The highest BCUT2D eigenvalue weighted by Gasteiger charge is 2.20. The number of rotatable bonds is 6. The van der Waals surface area contributed by atoms with Crippen LogP contribution in [0.2, 0.25) is 0 Å². The van der Waals surface area contributed by atoms with Gasteiger partial charge in [0.1, 0.15) is 0 Å². The van der Waals surface area contributed by atoms with E-state index < -0.39 is 0 Å². The molecule has 0 radical (unpaired) electrons. The Balaban J connectivity index is 2.02. The van der Waals surface area contributed by atoms with Crippen molar-refractivity contribution in [2.75, 3.05) is 32.8 Å². The van der Waals surface area contributed by atoms with E-state index in [0.717, 1.165) is 45.5 Å². The van der Waals surface area contributed by atoms with Crippen LogP contribution in [0.25, 0.3) is 0 Å². The molecule has 0 bridgehead atoms. The van der Waals surface area contributed by atoms with Crippen molar-refractivity contribution >= 4 is 5.91 Å². The van der Waals surface area contributed by atoms with Crippen LogP contribution in [0.3, 0.4) is 0 Å². The highest BCUT2D eigenvalue weighted by Crippen LogP contribution is 2.12. The molecule has 0 spiro atoms. The third kappa shape index (κ3) is 5.14. The molecule has 1 saturated heterocycles. The van der Waals surface area contributed by atoms with Crippen molar-refractivity contribution in [3.63, 3.8) is 0 Å². The van der Waals surface area contributed by atoms with Gasteiger partial charge in [0, 0.05) is 19.7 Å². The van der Waals surface area contributed by atoms with Crippen LogP contribution >= 0.6 is 0 Å². The molecule has 0 aromatic rings. The molecule has 0 aromatic heterocycles. The van der Waals surface area contributed by atoms with Gasteiger partial charge in [-0.1, -0.05) is 6.92 Å². The summed E-state index contributed by atoms with van der Waals surface area (Å²) in [5, 5.41) is 6.18. The zero-order valence-electron chi connectivity index (χ0n) is 9.55. The van der Waals surface area contributed by atoms with Crippen molar-refractivity contribution in [2.45, 2.75) is 26.2 Å². The molecule has 0 aromatic carbocycles. The van der Waals surface area contributed by atoms with Crippen LogP contribution < -0.4 is 10.6 Å². The summed E-state index contributed by atoms with van der Waals surface area (Å²) in [6, 6.07) is 0. The molecule has 0 saturated carbocycles. The van der Waals surface area contributed by atoms with Crippen LogP contribution in [0.1, 0.15) is 26.2 Å². The maximum absolute atomic E-state index is 11.6. The summed E-state index contributed by atoms with van der Waals surface area (Å²) in [5.74, 6) is 0.220. The average molecular weight is 214 g/mol. The number of hydrogen-bond acceptors (Lipinski definition) is 3. The quantitative estimate of drug-likeness (QED) is 0.634. The molecule has 4 nitrogen and oxygen atoms in total. The lowest BCUT2D eigenvalue weighted by Crippen LogP contribution is -2.39. The molecule has 1 fully saturated rings. The summed E-state index contributed by atoms with van der Waals surface area (Å²) >= 11 is 0. The van der Waals surface area contributed by atoms with Crippen molar-refractivity contribution in [3.8, 4) is 0 Å². The zero-order valence-corrected chi connectivity index (χ0v) is 9.55. The van der Waals surface area contributed by atoms with E-state index in [1.807, 2.05) is 0 Å². The van der Waals surface area contributed by atoms with Gasteiger partial charge in [-0.2, -0.15) is 0 Å². The van der Waals surface area contributed by atoms with Crippen molar-refractivity contribution in [3.05, 3.63) is 0 Å². The lowest BCUT2D eigenvalue weighted by Gasteiger charge is -2.21. The van der Waals surface area contributed by atoms with Crippen LogP contribution in [0.4, 0.5) is 0 Å². The van der Waals surface area contributed by atoms with Crippen molar-refractivity contribution in [1.82, 2.24) is 10.6 Å². The summed E-state index contributed by atoms with van der Waals surface area (Å²) in [6.07, 6.45) is 3.10. The van der Waals surface area contributed by atoms with E-state index in [-0.39, 0.29) is 11.8 Å². The normalized spacial score (nSPS) is 21.3. The average Bonchev–Trinajstić information content (AvgIpc) is 2.30. The Morgan fingerprint density at radius 3 is 2.93 bits per heavy atom. The predicted molar refractivity (Wildman–Crippen MR) is 59.7 cm³/mol. The first-order valence-corrected chi connectivity index (χ1v) is 5.90. The van der Waals surface area contributed by atoms with Crippen molar-refractivity contribution < 1.29 is 9.53 Å². The molecule has 0 aliphatic carbocycles. The maximum atomic E-state index is 11.6. The molecule has 1 rings (SSSR count). The van der Waals surface area contributed by atoms with Gasteiger partial charge in [-0.05, 0) is 25.8 Å². The molecule has 1 aliphatic rings. The minimum absolute atomic E-state index is 0.0740. The van der Waals surface area contributed by atoms with Gasteiger partial charge in [0.25, 0.3) is 0 Å². The van der Waals surface area contributed by atoms with Gasteiger partial charge < -0.3 is 15.4 Å². The molecule has 1 aliphatic heterocycles. The molecule has 15 heavy (non-hydrogen) atoms. The Labute approximate surface area is 91.8 Å². The summed E-state index contributed by atoms with van der Waals surface area (Å²) in [4.78, 5) is 11.6. The Kier molecular flexibility index (Phi) is 6.36. The molecule has 1 amide bonds. The highest BCUT2D eigenvalue weighted by molar-refractivity contribution is 5.78. The van der Waals surface area contributed by atoms with Gasteiger partial charge in [0.05, 0.1) is 12.5 Å². The Morgan fingerprint density at radius 1 is 1.40 bits per heavy atom. The van der Waals surface area contributed by atoms with Gasteiger partial charge in [-0.15, -0.1) is 0 Å². The van der Waals surface area contributed by atoms with Gasteiger partial charge in [0.15, 0.2) is 0 Å². The number of nitrogens with one attached hydrogen (secondary N) is 2. The van der Waals surface area contributed by atoms with Crippen LogP contribution in [0, 0.1) is 5.92 Å². The molecule has 1 unspecified atom stereocenters. The van der Waals surface area contributed by atoms with Crippen LogP contribution in [-0.4, -0.2) is 38.8 Å². The third-order valence-electron chi connectivity index (χ3n) is 2.56. The summed E-state index contributed by atoms with van der Waals surface area (Å²) < 4.78 is 5.27. The maximum Gasteiger partial charge on any atom is 0.225 e. The second-order valence-electron chi connectivity index (χ2n) is 3.96. The second kappa shape index (κ2) is 7.65. The largest absolute Gasteiger partial charge is 0.381 e. The first-order chi connectivity index (χ1) is 7.34. The topological polar surface area (TPSA) is 50.4 Å². The number of ether oxygens (including phenoxy) is 1. The zero-order chi connectivity index (χ0) is 10.9. The van der Waals surface area contributed by atoms with Gasteiger partial charge >= 0.3 is 0 Å². The monoisotopic (exact) mass is 214 g/mol. The predicted octanol–water partition coefficient (Wildman–Crippen LogP) is 0.529. The van der Waals surface area contributed by atoms with E-state index in [1.54, 1.807) is 0 Å². The molecule has 1 atom stereocenters. The van der Waals surface area contributed by atoms with E-state index >= 15 is 0 Å². The summed E-state index contributed by atoms with van der Waals surface area (Å²) in [5.41, 5.74) is 0.